The van der Waals surface area contributed by atoms with E-state index < -0.39 is 0 Å². The van der Waals surface area contributed by atoms with Crippen molar-refractivity contribution in [3.8, 4) is 17.2 Å². The maximum Gasteiger partial charge on any atom is 0.251 e. The Bertz CT molecular complexity index is 902. The number of ether oxygens (including phenoxy) is 3. The second kappa shape index (κ2) is 10.9. The number of allylic oxidation sites excluding steroid dienone is 1. The highest BCUT2D eigenvalue weighted by Gasteiger charge is 2.24. The fourth-order valence-electron chi connectivity index (χ4n) is 4.06. The van der Waals surface area contributed by atoms with E-state index in [0.29, 0.717) is 23.6 Å². The first-order valence-corrected chi connectivity index (χ1v) is 10.7. The van der Waals surface area contributed by atoms with Crippen molar-refractivity contribution in [2.24, 2.45) is 0 Å². The average molecular weight is 425 g/mol. The average Bonchev–Trinajstić information content (AvgIpc) is 3.33. The third kappa shape index (κ3) is 5.39. The number of rotatable bonds is 9. The molecule has 0 radical (unpaired) electrons. The van der Waals surface area contributed by atoms with Gasteiger partial charge in [0.15, 0.2) is 11.5 Å². The zero-order valence-electron chi connectivity index (χ0n) is 18.8. The fourth-order valence-corrected chi connectivity index (χ4v) is 4.06. The van der Waals surface area contributed by atoms with E-state index in [4.69, 9.17) is 14.2 Å². The molecule has 0 saturated carbocycles. The second-order valence-corrected chi connectivity index (χ2v) is 7.54. The minimum atomic E-state index is -0.135. The Kier molecular flexibility index (Phi) is 7.95. The minimum absolute atomic E-state index is 0.118. The van der Waals surface area contributed by atoms with Gasteiger partial charge in [-0.2, -0.15) is 0 Å². The summed E-state index contributed by atoms with van der Waals surface area (Å²) >= 11 is 0. The molecular weight excluding hydrogens is 392 g/mol. The van der Waals surface area contributed by atoms with Crippen molar-refractivity contribution in [2.75, 3.05) is 41.0 Å². The Balaban J connectivity index is 1.81. The van der Waals surface area contributed by atoms with Crippen LogP contribution in [-0.2, 0) is 0 Å². The molecule has 1 heterocycles. The standard InChI is InChI=1S/C25H32N2O4/c1-5-8-19-15-20(16-23(30-3)24(19)31-4)25(28)26-17-22(27-13-6-7-14-27)18-9-11-21(29-2)12-10-18/h5,8-12,15-16,22H,6-7,13-14,17H2,1-4H3,(H,26,28)/b8-5+. The number of amides is 1. The van der Waals surface area contributed by atoms with Crippen molar-refractivity contribution in [3.05, 3.63) is 59.2 Å². The molecule has 3 rings (SSSR count). The van der Waals surface area contributed by atoms with Crippen LogP contribution in [0.5, 0.6) is 17.2 Å². The van der Waals surface area contributed by atoms with Crippen LogP contribution in [0.1, 0.15) is 47.3 Å². The van der Waals surface area contributed by atoms with Crippen molar-refractivity contribution in [1.29, 1.82) is 0 Å². The molecule has 1 unspecified atom stereocenters. The van der Waals surface area contributed by atoms with Crippen molar-refractivity contribution >= 4 is 12.0 Å². The van der Waals surface area contributed by atoms with Crippen molar-refractivity contribution in [2.45, 2.75) is 25.8 Å². The number of carbonyl (C=O) groups excluding carboxylic acids is 1. The topological polar surface area (TPSA) is 60.0 Å². The van der Waals surface area contributed by atoms with E-state index in [1.165, 1.54) is 18.4 Å². The molecule has 1 aliphatic heterocycles. The third-order valence-electron chi connectivity index (χ3n) is 5.65. The van der Waals surface area contributed by atoms with Gasteiger partial charge in [0.25, 0.3) is 5.91 Å². The first-order valence-electron chi connectivity index (χ1n) is 10.7. The second-order valence-electron chi connectivity index (χ2n) is 7.54. The zero-order chi connectivity index (χ0) is 22.2. The molecule has 1 N–H and O–H groups in total. The fraction of sp³-hybridized carbons (Fsp3) is 0.400. The number of carbonyl (C=O) groups is 1. The van der Waals surface area contributed by atoms with E-state index in [1.54, 1.807) is 27.4 Å². The highest BCUT2D eigenvalue weighted by Crippen LogP contribution is 2.34. The van der Waals surface area contributed by atoms with Gasteiger partial charge in [0.1, 0.15) is 5.75 Å². The maximum atomic E-state index is 13.0. The predicted molar refractivity (Wildman–Crippen MR) is 123 cm³/mol. The Morgan fingerprint density at radius 2 is 1.77 bits per heavy atom. The van der Waals surface area contributed by atoms with Gasteiger partial charge in [0.05, 0.1) is 27.4 Å². The van der Waals surface area contributed by atoms with Gasteiger partial charge in [-0.05, 0) is 62.7 Å². The van der Waals surface area contributed by atoms with Crippen LogP contribution < -0.4 is 19.5 Å². The Morgan fingerprint density at radius 1 is 1.06 bits per heavy atom. The normalized spacial score (nSPS) is 15.1. The van der Waals surface area contributed by atoms with Gasteiger partial charge in [0, 0.05) is 17.7 Å². The van der Waals surface area contributed by atoms with E-state index in [1.807, 2.05) is 37.3 Å². The molecule has 0 aromatic heterocycles. The summed E-state index contributed by atoms with van der Waals surface area (Å²) in [5.74, 6) is 1.85. The third-order valence-corrected chi connectivity index (χ3v) is 5.65. The molecule has 1 atom stereocenters. The number of nitrogens with zero attached hydrogens (tertiary/aromatic N) is 1. The molecule has 0 aliphatic carbocycles. The monoisotopic (exact) mass is 424 g/mol. The molecule has 2 aromatic carbocycles. The van der Waals surface area contributed by atoms with Gasteiger partial charge in [0.2, 0.25) is 0 Å². The predicted octanol–water partition coefficient (Wildman–Crippen LogP) is 4.31. The summed E-state index contributed by atoms with van der Waals surface area (Å²) < 4.78 is 16.2. The number of benzene rings is 2. The van der Waals surface area contributed by atoms with Crippen LogP contribution >= 0.6 is 0 Å². The Hall–Kier alpha value is -2.99. The molecule has 1 amide bonds. The van der Waals surface area contributed by atoms with Crippen LogP contribution in [0, 0.1) is 0 Å². The molecule has 6 nitrogen and oxygen atoms in total. The van der Waals surface area contributed by atoms with Crippen LogP contribution in [0.15, 0.2) is 42.5 Å². The van der Waals surface area contributed by atoms with Crippen LogP contribution in [-0.4, -0.2) is 51.8 Å². The molecule has 1 aliphatic rings. The summed E-state index contributed by atoms with van der Waals surface area (Å²) in [7, 11) is 4.84. The number of hydrogen-bond donors (Lipinski definition) is 1. The van der Waals surface area contributed by atoms with E-state index in [9.17, 15) is 4.79 Å². The Labute approximate surface area is 184 Å². The lowest BCUT2D eigenvalue weighted by atomic mass is 10.0. The van der Waals surface area contributed by atoms with Gasteiger partial charge in [-0.15, -0.1) is 0 Å². The van der Waals surface area contributed by atoms with Gasteiger partial charge >= 0.3 is 0 Å². The van der Waals surface area contributed by atoms with Crippen molar-refractivity contribution in [1.82, 2.24) is 10.2 Å². The minimum Gasteiger partial charge on any atom is -0.497 e. The highest BCUT2D eigenvalue weighted by atomic mass is 16.5. The molecule has 1 fully saturated rings. The van der Waals surface area contributed by atoms with Crippen LogP contribution in [0.4, 0.5) is 0 Å². The highest BCUT2D eigenvalue weighted by molar-refractivity contribution is 5.96. The summed E-state index contributed by atoms with van der Waals surface area (Å²) in [4.78, 5) is 15.5. The maximum absolute atomic E-state index is 13.0. The van der Waals surface area contributed by atoms with E-state index in [0.717, 1.165) is 24.4 Å². The molecule has 0 bridgehead atoms. The first-order chi connectivity index (χ1) is 15.1. The SMILES string of the molecule is C/C=C/c1cc(C(=O)NCC(c2ccc(OC)cc2)N2CCCC2)cc(OC)c1OC. The van der Waals surface area contributed by atoms with Crippen molar-refractivity contribution in [3.63, 3.8) is 0 Å². The molecule has 0 spiro atoms. The number of hydrogen-bond acceptors (Lipinski definition) is 5. The Morgan fingerprint density at radius 3 is 2.35 bits per heavy atom. The number of likely N-dealkylation sites (tertiary alicyclic amines) is 1. The molecule has 2 aromatic rings. The van der Waals surface area contributed by atoms with Gasteiger partial charge in [-0.1, -0.05) is 24.3 Å². The van der Waals surface area contributed by atoms with Crippen LogP contribution in [0.2, 0.25) is 0 Å². The molecule has 31 heavy (non-hydrogen) atoms. The molecular formula is C25H32N2O4. The zero-order valence-corrected chi connectivity index (χ0v) is 18.8. The largest absolute Gasteiger partial charge is 0.497 e. The van der Waals surface area contributed by atoms with Gasteiger partial charge < -0.3 is 19.5 Å². The smallest absolute Gasteiger partial charge is 0.251 e. The molecule has 6 heteroatoms. The summed E-state index contributed by atoms with van der Waals surface area (Å²) in [5.41, 5.74) is 2.52. The lowest BCUT2D eigenvalue weighted by Crippen LogP contribution is -2.36. The van der Waals surface area contributed by atoms with E-state index >= 15 is 0 Å². The number of methoxy groups -OCH3 is 3. The first kappa shape index (κ1) is 22.7. The van der Waals surface area contributed by atoms with Crippen molar-refractivity contribution < 1.29 is 19.0 Å². The lowest BCUT2D eigenvalue weighted by molar-refractivity contribution is 0.0937. The van der Waals surface area contributed by atoms with E-state index in [-0.39, 0.29) is 11.9 Å². The summed E-state index contributed by atoms with van der Waals surface area (Å²) in [6.45, 7) is 4.52. The van der Waals surface area contributed by atoms with Gasteiger partial charge in [-0.3, -0.25) is 9.69 Å². The van der Waals surface area contributed by atoms with Gasteiger partial charge in [-0.25, -0.2) is 0 Å². The summed E-state index contributed by atoms with van der Waals surface area (Å²) in [6.07, 6.45) is 6.18. The lowest BCUT2D eigenvalue weighted by Gasteiger charge is -2.28. The number of nitrogens with one attached hydrogen (secondary N) is 1. The molecule has 166 valence electrons. The summed E-state index contributed by atoms with van der Waals surface area (Å²) in [5, 5.41) is 3.13. The quantitative estimate of drug-likeness (QED) is 0.650. The van der Waals surface area contributed by atoms with E-state index in [2.05, 4.69) is 22.3 Å². The molecule has 1 saturated heterocycles. The van der Waals surface area contributed by atoms with Crippen LogP contribution in [0.3, 0.4) is 0 Å². The summed E-state index contributed by atoms with van der Waals surface area (Å²) in [6, 6.07) is 11.8. The van der Waals surface area contributed by atoms with Crippen LogP contribution in [0.25, 0.3) is 6.08 Å².